The van der Waals surface area contributed by atoms with Crippen LogP contribution in [0.4, 0.5) is 0 Å². The number of halogens is 1. The Balaban J connectivity index is 1.96. The van der Waals surface area contributed by atoms with E-state index < -0.39 is 0 Å². The van der Waals surface area contributed by atoms with Crippen LogP contribution in [0.25, 0.3) is 0 Å². The average Bonchev–Trinajstić information content (AvgIpc) is 2.48. The van der Waals surface area contributed by atoms with Gasteiger partial charge < -0.3 is 14.8 Å². The van der Waals surface area contributed by atoms with Gasteiger partial charge in [0.2, 0.25) is 0 Å². The first-order valence-corrected chi connectivity index (χ1v) is 7.57. The summed E-state index contributed by atoms with van der Waals surface area (Å²) in [5.74, 6) is 1.52. The van der Waals surface area contributed by atoms with Crippen LogP contribution in [-0.2, 0) is 11.3 Å². The normalized spacial score (nSPS) is 10.6. The monoisotopic (exact) mass is 350 g/mol. The molecule has 1 aromatic carbocycles. The van der Waals surface area contributed by atoms with Crippen LogP contribution < -0.4 is 10.1 Å². The third kappa shape index (κ3) is 5.12. The maximum Gasteiger partial charge on any atom is 0.145 e. The average molecular weight is 351 g/mol. The van der Waals surface area contributed by atoms with E-state index in [1.807, 2.05) is 37.3 Å². The number of nitrogens with one attached hydrogen (secondary N) is 1. The van der Waals surface area contributed by atoms with Gasteiger partial charge in [0.25, 0.3) is 0 Å². The summed E-state index contributed by atoms with van der Waals surface area (Å²) < 4.78 is 11.8. The summed E-state index contributed by atoms with van der Waals surface area (Å²) in [6, 6.07) is 9.81. The number of hydrogen-bond acceptors (Lipinski definition) is 4. The zero-order chi connectivity index (χ0) is 15.1. The van der Waals surface area contributed by atoms with Crippen LogP contribution in [0, 0.1) is 6.92 Å². The summed E-state index contributed by atoms with van der Waals surface area (Å²) in [6.07, 6.45) is 1.73. The minimum atomic E-state index is 0.708. The molecule has 2 rings (SSSR count). The van der Waals surface area contributed by atoms with Crippen molar-refractivity contribution in [2.75, 3.05) is 20.3 Å². The molecule has 2 aromatic rings. The summed E-state index contributed by atoms with van der Waals surface area (Å²) in [5, 5.41) is 3.31. The van der Waals surface area contributed by atoms with Crippen LogP contribution in [0.2, 0.25) is 0 Å². The number of aromatic nitrogens is 1. The van der Waals surface area contributed by atoms with Crippen LogP contribution >= 0.6 is 15.9 Å². The van der Waals surface area contributed by atoms with E-state index in [1.54, 1.807) is 13.3 Å². The van der Waals surface area contributed by atoms with E-state index in [-0.39, 0.29) is 0 Å². The van der Waals surface area contributed by atoms with Crippen molar-refractivity contribution in [3.63, 3.8) is 0 Å². The zero-order valence-electron chi connectivity index (χ0n) is 12.2. The van der Waals surface area contributed by atoms with Crippen molar-refractivity contribution in [1.82, 2.24) is 10.3 Å². The highest BCUT2D eigenvalue weighted by atomic mass is 79.9. The molecule has 0 radical (unpaired) electrons. The van der Waals surface area contributed by atoms with Crippen molar-refractivity contribution in [3.8, 4) is 11.5 Å². The molecule has 0 saturated carbocycles. The lowest BCUT2D eigenvalue weighted by Crippen LogP contribution is -2.18. The highest BCUT2D eigenvalue weighted by Crippen LogP contribution is 2.26. The fourth-order valence-corrected chi connectivity index (χ4v) is 2.28. The Morgan fingerprint density at radius 1 is 1.19 bits per heavy atom. The molecule has 0 aliphatic carbocycles. The van der Waals surface area contributed by atoms with Gasteiger partial charge in [-0.2, -0.15) is 0 Å². The Bertz CT molecular complexity index is 573. The summed E-state index contributed by atoms with van der Waals surface area (Å²) in [5.41, 5.74) is 2.15. The Morgan fingerprint density at radius 2 is 2.00 bits per heavy atom. The smallest absolute Gasteiger partial charge is 0.145 e. The number of aryl methyl sites for hydroxylation is 1. The molecule has 0 aliphatic heterocycles. The molecule has 0 amide bonds. The quantitative estimate of drug-likeness (QED) is 0.773. The molecule has 5 heteroatoms. The van der Waals surface area contributed by atoms with Crippen LogP contribution in [0.3, 0.4) is 0 Å². The van der Waals surface area contributed by atoms with E-state index in [4.69, 9.17) is 9.47 Å². The molecular formula is C16H19BrN2O2. The first-order valence-electron chi connectivity index (χ1n) is 6.77. The van der Waals surface area contributed by atoms with Gasteiger partial charge in [-0.3, -0.25) is 4.98 Å². The molecule has 0 bridgehead atoms. The summed E-state index contributed by atoms with van der Waals surface area (Å²) >= 11 is 3.57. The van der Waals surface area contributed by atoms with Gasteiger partial charge in [-0.25, -0.2) is 0 Å². The van der Waals surface area contributed by atoms with Crippen molar-refractivity contribution in [1.29, 1.82) is 0 Å². The SMILES string of the molecule is COCCNCc1ccc(Oc2ccc(C)nc2)cc1Br. The molecular weight excluding hydrogens is 332 g/mol. The van der Waals surface area contributed by atoms with E-state index in [9.17, 15) is 0 Å². The third-order valence-electron chi connectivity index (χ3n) is 2.94. The van der Waals surface area contributed by atoms with Gasteiger partial charge in [-0.15, -0.1) is 0 Å². The largest absolute Gasteiger partial charge is 0.456 e. The number of methoxy groups -OCH3 is 1. The standard InChI is InChI=1S/C16H19BrN2O2/c1-12-3-5-15(11-19-12)21-14-6-4-13(16(17)9-14)10-18-7-8-20-2/h3-6,9,11,18H,7-8,10H2,1-2H3. The lowest BCUT2D eigenvalue weighted by atomic mass is 10.2. The lowest BCUT2D eigenvalue weighted by molar-refractivity contribution is 0.199. The van der Waals surface area contributed by atoms with E-state index >= 15 is 0 Å². The van der Waals surface area contributed by atoms with Gasteiger partial charge in [-0.1, -0.05) is 22.0 Å². The van der Waals surface area contributed by atoms with Gasteiger partial charge >= 0.3 is 0 Å². The summed E-state index contributed by atoms with van der Waals surface area (Å²) in [6.45, 7) is 4.28. The molecule has 0 spiro atoms. The first-order chi connectivity index (χ1) is 10.2. The van der Waals surface area contributed by atoms with Crippen LogP contribution in [0.15, 0.2) is 41.0 Å². The van der Waals surface area contributed by atoms with Crippen LogP contribution in [-0.4, -0.2) is 25.2 Å². The number of rotatable bonds is 7. The number of ether oxygens (including phenoxy) is 2. The molecule has 1 N–H and O–H groups in total. The summed E-state index contributed by atoms with van der Waals surface area (Å²) in [7, 11) is 1.70. The Kier molecular flexibility index (Phi) is 6.17. The molecule has 0 aliphatic rings. The van der Waals surface area contributed by atoms with Crippen molar-refractivity contribution in [2.45, 2.75) is 13.5 Å². The summed E-state index contributed by atoms with van der Waals surface area (Å²) in [4.78, 5) is 4.21. The molecule has 0 fully saturated rings. The minimum Gasteiger partial charge on any atom is -0.456 e. The zero-order valence-corrected chi connectivity index (χ0v) is 13.8. The highest BCUT2D eigenvalue weighted by molar-refractivity contribution is 9.10. The topological polar surface area (TPSA) is 43.4 Å². The van der Waals surface area contributed by atoms with Gasteiger partial charge in [-0.05, 0) is 36.8 Å². The van der Waals surface area contributed by atoms with Gasteiger partial charge in [0.1, 0.15) is 11.5 Å². The molecule has 4 nitrogen and oxygen atoms in total. The van der Waals surface area contributed by atoms with Crippen LogP contribution in [0.1, 0.15) is 11.3 Å². The number of benzene rings is 1. The van der Waals surface area contributed by atoms with Gasteiger partial charge in [0, 0.05) is 30.4 Å². The van der Waals surface area contributed by atoms with Crippen molar-refractivity contribution >= 4 is 15.9 Å². The van der Waals surface area contributed by atoms with Crippen molar-refractivity contribution in [3.05, 3.63) is 52.3 Å². The van der Waals surface area contributed by atoms with E-state index in [1.165, 1.54) is 5.56 Å². The molecule has 1 aromatic heterocycles. The van der Waals surface area contributed by atoms with Crippen molar-refractivity contribution in [2.24, 2.45) is 0 Å². The molecule has 0 atom stereocenters. The van der Waals surface area contributed by atoms with E-state index in [2.05, 4.69) is 26.2 Å². The lowest BCUT2D eigenvalue weighted by Gasteiger charge is -2.10. The third-order valence-corrected chi connectivity index (χ3v) is 3.68. The molecule has 0 saturated heterocycles. The Labute approximate surface area is 133 Å². The first kappa shape index (κ1) is 15.9. The Morgan fingerprint density at radius 3 is 2.67 bits per heavy atom. The number of nitrogens with zero attached hydrogens (tertiary/aromatic N) is 1. The molecule has 112 valence electrons. The second kappa shape index (κ2) is 8.12. The maximum atomic E-state index is 5.78. The second-order valence-electron chi connectivity index (χ2n) is 4.66. The fourth-order valence-electron chi connectivity index (χ4n) is 1.78. The van der Waals surface area contributed by atoms with Gasteiger partial charge in [0.15, 0.2) is 0 Å². The molecule has 1 heterocycles. The molecule has 0 unspecified atom stereocenters. The predicted molar refractivity (Wildman–Crippen MR) is 86.8 cm³/mol. The van der Waals surface area contributed by atoms with E-state index in [0.29, 0.717) is 6.61 Å². The second-order valence-corrected chi connectivity index (χ2v) is 5.51. The van der Waals surface area contributed by atoms with Gasteiger partial charge in [0.05, 0.1) is 12.8 Å². The Hall–Kier alpha value is -1.43. The maximum absolute atomic E-state index is 5.78. The minimum absolute atomic E-state index is 0.708. The predicted octanol–water partition coefficient (Wildman–Crippen LogP) is 3.68. The van der Waals surface area contributed by atoms with Crippen molar-refractivity contribution < 1.29 is 9.47 Å². The fraction of sp³-hybridized carbons (Fsp3) is 0.312. The number of hydrogen-bond donors (Lipinski definition) is 1. The molecule has 21 heavy (non-hydrogen) atoms. The van der Waals surface area contributed by atoms with Crippen LogP contribution in [0.5, 0.6) is 11.5 Å². The number of pyridine rings is 1. The van der Waals surface area contributed by atoms with E-state index in [0.717, 1.165) is 34.8 Å². The highest BCUT2D eigenvalue weighted by Gasteiger charge is 2.03.